The fraction of sp³-hybridized carbons (Fsp3) is 0.345. The van der Waals surface area contributed by atoms with Crippen molar-refractivity contribution in [1.82, 2.24) is 4.90 Å². The van der Waals surface area contributed by atoms with E-state index in [4.69, 9.17) is 14.2 Å². The summed E-state index contributed by atoms with van der Waals surface area (Å²) in [4.78, 5) is 41.5. The number of carbonyl (C=O) groups is 3. The molecule has 1 heterocycles. The van der Waals surface area contributed by atoms with Crippen LogP contribution in [0.15, 0.2) is 65.1 Å². The molecule has 2 aromatic carbocycles. The maximum atomic E-state index is 13.7. The highest BCUT2D eigenvalue weighted by Gasteiger charge is 2.35. The molecule has 0 saturated carbocycles. The predicted octanol–water partition coefficient (Wildman–Crippen LogP) is 4.50. The number of likely N-dealkylation sites (tertiary alicyclic amines) is 1. The second-order valence-corrected chi connectivity index (χ2v) is 8.97. The van der Waals surface area contributed by atoms with Gasteiger partial charge in [-0.2, -0.15) is 0 Å². The average Bonchev–Trinajstić information content (AvgIpc) is 2.92. The van der Waals surface area contributed by atoms with Crippen LogP contribution in [0.1, 0.15) is 42.1 Å². The van der Waals surface area contributed by atoms with E-state index in [2.05, 4.69) is 0 Å². The lowest BCUT2D eigenvalue weighted by atomic mass is 9.87. The van der Waals surface area contributed by atoms with Crippen LogP contribution < -0.4 is 4.74 Å². The highest BCUT2D eigenvalue weighted by atomic mass is 16.5. The summed E-state index contributed by atoms with van der Waals surface area (Å²) in [6, 6.07) is 13.2. The molecule has 1 aliphatic carbocycles. The van der Waals surface area contributed by atoms with E-state index in [1.807, 2.05) is 47.4 Å². The fourth-order valence-electron chi connectivity index (χ4n) is 4.80. The second kappa shape index (κ2) is 10.8. The highest BCUT2D eigenvalue weighted by molar-refractivity contribution is 6.23. The van der Waals surface area contributed by atoms with Crippen molar-refractivity contribution in [3.8, 4) is 16.9 Å². The fourth-order valence-corrected chi connectivity index (χ4v) is 4.80. The number of hydrogen-bond donors (Lipinski definition) is 0. The molecule has 0 spiro atoms. The van der Waals surface area contributed by atoms with Crippen LogP contribution in [0.3, 0.4) is 0 Å². The minimum absolute atomic E-state index is 0.0368. The molecule has 1 aliphatic heterocycles. The zero-order chi connectivity index (χ0) is 25.8. The van der Waals surface area contributed by atoms with Gasteiger partial charge in [-0.3, -0.25) is 14.4 Å². The molecule has 0 N–H and O–H groups in total. The van der Waals surface area contributed by atoms with Gasteiger partial charge in [0.05, 0.1) is 21.3 Å². The average molecular weight is 490 g/mol. The third-order valence-electron chi connectivity index (χ3n) is 6.81. The summed E-state index contributed by atoms with van der Waals surface area (Å²) in [5, 5.41) is 0. The number of piperidine rings is 1. The molecule has 0 unspecified atom stereocenters. The van der Waals surface area contributed by atoms with Crippen molar-refractivity contribution in [2.24, 2.45) is 0 Å². The highest BCUT2D eigenvalue weighted by Crippen LogP contribution is 2.32. The second-order valence-electron chi connectivity index (χ2n) is 8.97. The molecular weight excluding hydrogens is 458 g/mol. The first-order chi connectivity index (χ1) is 17.4. The van der Waals surface area contributed by atoms with Crippen molar-refractivity contribution < 1.29 is 28.6 Å². The quantitative estimate of drug-likeness (QED) is 0.533. The Morgan fingerprint density at radius 2 is 1.56 bits per heavy atom. The van der Waals surface area contributed by atoms with E-state index in [0.717, 1.165) is 49.0 Å². The SMILES string of the molecule is COC1=C(OC)C(=O)C(Cc2ccc(-c3cccc(OC)c3)c(C(=O)N3CCCCC3)c2)=C(C)C1=O. The molecule has 1 amide bonds. The summed E-state index contributed by atoms with van der Waals surface area (Å²) >= 11 is 0. The molecule has 1 fully saturated rings. The van der Waals surface area contributed by atoms with Crippen molar-refractivity contribution in [1.29, 1.82) is 0 Å². The summed E-state index contributed by atoms with van der Waals surface area (Å²) in [5.41, 5.74) is 3.64. The van der Waals surface area contributed by atoms with Crippen LogP contribution in [-0.4, -0.2) is 56.8 Å². The van der Waals surface area contributed by atoms with E-state index in [0.29, 0.717) is 22.5 Å². The van der Waals surface area contributed by atoms with E-state index >= 15 is 0 Å². The number of ether oxygens (including phenoxy) is 3. The van der Waals surface area contributed by atoms with Crippen molar-refractivity contribution in [2.75, 3.05) is 34.4 Å². The Morgan fingerprint density at radius 1 is 0.861 bits per heavy atom. The van der Waals surface area contributed by atoms with E-state index in [1.165, 1.54) is 14.2 Å². The number of amides is 1. The van der Waals surface area contributed by atoms with E-state index in [1.54, 1.807) is 14.0 Å². The van der Waals surface area contributed by atoms with Crippen LogP contribution in [0.4, 0.5) is 0 Å². The molecule has 36 heavy (non-hydrogen) atoms. The van der Waals surface area contributed by atoms with Gasteiger partial charge in [0.1, 0.15) is 5.75 Å². The molecule has 0 atom stereocenters. The molecule has 2 aliphatic rings. The van der Waals surface area contributed by atoms with Crippen LogP contribution in [-0.2, 0) is 25.5 Å². The van der Waals surface area contributed by atoms with Crippen LogP contribution in [0, 0.1) is 0 Å². The monoisotopic (exact) mass is 489 g/mol. The predicted molar refractivity (Wildman–Crippen MR) is 136 cm³/mol. The molecule has 0 bridgehead atoms. The van der Waals surface area contributed by atoms with Crippen LogP contribution >= 0.6 is 0 Å². The number of nitrogens with zero attached hydrogens (tertiary/aromatic N) is 1. The molecule has 7 heteroatoms. The van der Waals surface area contributed by atoms with Gasteiger partial charge in [0.25, 0.3) is 5.91 Å². The van der Waals surface area contributed by atoms with Crippen LogP contribution in [0.2, 0.25) is 0 Å². The molecule has 4 rings (SSSR count). The maximum absolute atomic E-state index is 13.7. The first-order valence-electron chi connectivity index (χ1n) is 12.1. The third kappa shape index (κ3) is 4.78. The minimum Gasteiger partial charge on any atom is -0.497 e. The number of carbonyl (C=O) groups excluding carboxylic acids is 3. The number of hydrogen-bond acceptors (Lipinski definition) is 6. The maximum Gasteiger partial charge on any atom is 0.254 e. The Balaban J connectivity index is 1.76. The van der Waals surface area contributed by atoms with Crippen LogP contribution in [0.5, 0.6) is 5.75 Å². The molecule has 0 radical (unpaired) electrons. The molecule has 0 aromatic heterocycles. The van der Waals surface area contributed by atoms with Crippen molar-refractivity contribution >= 4 is 17.5 Å². The number of methoxy groups -OCH3 is 3. The van der Waals surface area contributed by atoms with Gasteiger partial charge in [-0.1, -0.05) is 24.3 Å². The Morgan fingerprint density at radius 3 is 2.22 bits per heavy atom. The Kier molecular flexibility index (Phi) is 7.58. The number of rotatable bonds is 7. The Bertz CT molecular complexity index is 1270. The largest absolute Gasteiger partial charge is 0.497 e. The molecule has 2 aromatic rings. The normalized spacial score (nSPS) is 16.4. The molecule has 188 valence electrons. The number of ketones is 2. The molecule has 1 saturated heterocycles. The Labute approximate surface area is 211 Å². The van der Waals surface area contributed by atoms with Gasteiger partial charge < -0.3 is 19.1 Å². The van der Waals surface area contributed by atoms with Gasteiger partial charge in [-0.25, -0.2) is 0 Å². The van der Waals surface area contributed by atoms with E-state index in [9.17, 15) is 14.4 Å². The zero-order valence-corrected chi connectivity index (χ0v) is 21.2. The number of Topliss-reactive ketones (excluding diaryl/α,β-unsaturated/α-hetero) is 2. The first kappa shape index (κ1) is 25.2. The molecule has 7 nitrogen and oxygen atoms in total. The smallest absolute Gasteiger partial charge is 0.254 e. The van der Waals surface area contributed by atoms with Crippen molar-refractivity contribution in [3.05, 3.63) is 76.3 Å². The number of allylic oxidation sites excluding steroid dienone is 2. The zero-order valence-electron chi connectivity index (χ0n) is 21.2. The summed E-state index contributed by atoms with van der Waals surface area (Å²) in [6.07, 6.45) is 3.28. The minimum atomic E-state index is -0.382. The standard InChI is InChI=1S/C29H31NO6/c1-18-23(26(32)28(36-4)27(35-3)25(18)31)15-19-11-12-22(20-9-8-10-21(17-20)34-2)24(16-19)29(33)30-13-6-5-7-14-30/h8-12,16-17H,5-7,13-15H2,1-4H3. The topological polar surface area (TPSA) is 82.1 Å². The Hall–Kier alpha value is -3.87. The van der Waals surface area contributed by atoms with Gasteiger partial charge >= 0.3 is 0 Å². The summed E-state index contributed by atoms with van der Waals surface area (Å²) < 4.78 is 15.7. The molecular formula is C29H31NO6. The van der Waals surface area contributed by atoms with Gasteiger partial charge in [0.2, 0.25) is 23.1 Å². The van der Waals surface area contributed by atoms with E-state index in [-0.39, 0.29) is 35.4 Å². The lowest BCUT2D eigenvalue weighted by Gasteiger charge is -2.28. The number of benzene rings is 2. The van der Waals surface area contributed by atoms with Gasteiger partial charge in [-0.15, -0.1) is 0 Å². The van der Waals surface area contributed by atoms with E-state index < -0.39 is 0 Å². The summed E-state index contributed by atoms with van der Waals surface area (Å²) in [6.45, 7) is 3.06. The third-order valence-corrected chi connectivity index (χ3v) is 6.81. The summed E-state index contributed by atoms with van der Waals surface area (Å²) in [5.74, 6) is -0.272. The summed E-state index contributed by atoms with van der Waals surface area (Å²) in [7, 11) is 4.29. The van der Waals surface area contributed by atoms with Gasteiger partial charge in [-0.05, 0) is 61.1 Å². The van der Waals surface area contributed by atoms with Crippen LogP contribution in [0.25, 0.3) is 11.1 Å². The lowest BCUT2D eigenvalue weighted by molar-refractivity contribution is -0.121. The van der Waals surface area contributed by atoms with Crippen molar-refractivity contribution in [3.63, 3.8) is 0 Å². The van der Waals surface area contributed by atoms with Gasteiger partial charge in [0, 0.05) is 36.2 Å². The van der Waals surface area contributed by atoms with Crippen molar-refractivity contribution in [2.45, 2.75) is 32.6 Å². The van der Waals surface area contributed by atoms with Gasteiger partial charge in [0.15, 0.2) is 0 Å². The first-order valence-corrected chi connectivity index (χ1v) is 12.1. The lowest BCUT2D eigenvalue weighted by Crippen LogP contribution is -2.36.